The first-order valence-electron chi connectivity index (χ1n) is 8.60. The molecular formula is C18H22N4O4S. The third-order valence-electron chi connectivity index (χ3n) is 4.53. The summed E-state index contributed by atoms with van der Waals surface area (Å²) in [6.45, 7) is 2.69. The number of amides is 1. The average Bonchev–Trinajstić information content (AvgIpc) is 3.05. The Kier molecular flexibility index (Phi) is 5.54. The largest absolute Gasteiger partial charge is 0.394 e. The fourth-order valence-electron chi connectivity index (χ4n) is 2.95. The van der Waals surface area contributed by atoms with Crippen molar-refractivity contribution >= 4 is 15.7 Å². The van der Waals surface area contributed by atoms with Crippen LogP contribution in [0.2, 0.25) is 0 Å². The van der Waals surface area contributed by atoms with Crippen LogP contribution in [0.5, 0.6) is 0 Å². The molecule has 1 amide bonds. The summed E-state index contributed by atoms with van der Waals surface area (Å²) in [4.78, 5) is 23.2. The van der Waals surface area contributed by atoms with Gasteiger partial charge in [0.05, 0.1) is 40.2 Å². The van der Waals surface area contributed by atoms with Gasteiger partial charge in [-0.1, -0.05) is 6.92 Å². The predicted molar refractivity (Wildman–Crippen MR) is 98.7 cm³/mol. The fourth-order valence-corrected chi connectivity index (χ4v) is 3.77. The number of rotatable bonds is 6. The number of carbonyl (C=O) groups is 1. The summed E-state index contributed by atoms with van der Waals surface area (Å²) in [6.07, 6.45) is 2.77. The van der Waals surface area contributed by atoms with E-state index in [0.29, 0.717) is 11.3 Å². The molecular weight excluding hydrogens is 368 g/mol. The molecule has 3 heterocycles. The zero-order chi connectivity index (χ0) is 19.6. The Balaban J connectivity index is 1.75. The minimum atomic E-state index is -3.35. The number of pyridine rings is 2. The number of aliphatic hydroxyl groups excluding tert-OH is 1. The molecule has 0 bridgehead atoms. The van der Waals surface area contributed by atoms with Crippen molar-refractivity contribution in [2.45, 2.75) is 31.0 Å². The van der Waals surface area contributed by atoms with E-state index in [9.17, 15) is 18.3 Å². The normalized spacial score (nSPS) is 15.4. The summed E-state index contributed by atoms with van der Waals surface area (Å²) in [5.41, 5.74) is 2.77. The Bertz CT molecular complexity index is 944. The molecule has 144 valence electrons. The topological polar surface area (TPSA) is 112 Å². The molecule has 3 rings (SSSR count). The van der Waals surface area contributed by atoms with Gasteiger partial charge in [-0.3, -0.25) is 19.7 Å². The quantitative estimate of drug-likeness (QED) is 0.746. The molecule has 0 saturated heterocycles. The number of aliphatic hydroxyl groups is 1. The molecule has 9 heteroatoms. The molecule has 0 unspecified atom stereocenters. The molecule has 0 fully saturated rings. The minimum Gasteiger partial charge on any atom is -0.394 e. The van der Waals surface area contributed by atoms with Crippen molar-refractivity contribution in [3.63, 3.8) is 0 Å². The average molecular weight is 390 g/mol. The van der Waals surface area contributed by atoms with Crippen LogP contribution in [0.15, 0.2) is 35.5 Å². The number of carbonyl (C=O) groups excluding carboxylic acids is 1. The van der Waals surface area contributed by atoms with Crippen LogP contribution in [0.4, 0.5) is 0 Å². The third kappa shape index (κ3) is 4.15. The van der Waals surface area contributed by atoms with Gasteiger partial charge in [0.25, 0.3) is 5.91 Å². The fraction of sp³-hybridized carbons (Fsp3) is 0.389. The third-order valence-corrected chi connectivity index (χ3v) is 6.25. The van der Waals surface area contributed by atoms with E-state index >= 15 is 0 Å². The van der Waals surface area contributed by atoms with Gasteiger partial charge in [-0.2, -0.15) is 0 Å². The molecule has 0 radical (unpaired) electrons. The Labute approximate surface area is 158 Å². The number of sulfone groups is 1. The Morgan fingerprint density at radius 1 is 1.30 bits per heavy atom. The first kappa shape index (κ1) is 19.4. The van der Waals surface area contributed by atoms with Crippen LogP contribution >= 0.6 is 0 Å². The molecule has 8 nitrogen and oxygen atoms in total. The van der Waals surface area contributed by atoms with Gasteiger partial charge in [0.1, 0.15) is 0 Å². The van der Waals surface area contributed by atoms with Crippen molar-refractivity contribution in [2.24, 2.45) is 0 Å². The predicted octanol–water partition coefficient (Wildman–Crippen LogP) is 0.679. The van der Waals surface area contributed by atoms with Gasteiger partial charge in [-0.15, -0.1) is 0 Å². The molecule has 0 aromatic carbocycles. The summed E-state index contributed by atoms with van der Waals surface area (Å²) in [5, 5.41) is 12.4. The molecule has 2 aromatic rings. The number of aromatic nitrogens is 2. The second kappa shape index (κ2) is 7.71. The van der Waals surface area contributed by atoms with Crippen molar-refractivity contribution < 1.29 is 18.3 Å². The van der Waals surface area contributed by atoms with Crippen molar-refractivity contribution in [3.8, 4) is 0 Å². The summed E-state index contributed by atoms with van der Waals surface area (Å²) in [7, 11) is -1.36. The van der Waals surface area contributed by atoms with Crippen molar-refractivity contribution in [3.05, 3.63) is 53.1 Å². The van der Waals surface area contributed by atoms with Gasteiger partial charge in [0.2, 0.25) is 0 Å². The highest BCUT2D eigenvalue weighted by atomic mass is 32.2. The maximum Gasteiger partial charge on any atom is 0.253 e. The van der Waals surface area contributed by atoms with Gasteiger partial charge in [-0.25, -0.2) is 8.42 Å². The standard InChI is InChI=1S/C18H22N4O4S/c1-3-27(25,26)14-4-5-15(20-8-14)17(11-23)21-18(24)12-6-13-9-22(2)10-16(13)19-7-12/h4-8,17,23H,3,9-11H2,1-2H3,(H,21,24)/t17-/m0/s1. The number of nitrogens with one attached hydrogen (secondary N) is 1. The molecule has 0 saturated carbocycles. The Morgan fingerprint density at radius 2 is 2.07 bits per heavy atom. The Morgan fingerprint density at radius 3 is 2.70 bits per heavy atom. The summed E-state index contributed by atoms with van der Waals surface area (Å²) in [5.74, 6) is -0.389. The zero-order valence-electron chi connectivity index (χ0n) is 15.2. The monoisotopic (exact) mass is 390 g/mol. The lowest BCUT2D eigenvalue weighted by molar-refractivity contribution is 0.0914. The molecule has 0 aliphatic carbocycles. The van der Waals surface area contributed by atoms with Crippen molar-refractivity contribution in [1.82, 2.24) is 20.2 Å². The van der Waals surface area contributed by atoms with E-state index in [1.165, 1.54) is 24.5 Å². The highest BCUT2D eigenvalue weighted by Gasteiger charge is 2.21. The maximum absolute atomic E-state index is 12.5. The van der Waals surface area contributed by atoms with Crippen LogP contribution in [-0.4, -0.2) is 53.7 Å². The van der Waals surface area contributed by atoms with Crippen LogP contribution in [0.3, 0.4) is 0 Å². The number of hydrogen-bond donors (Lipinski definition) is 2. The molecule has 0 spiro atoms. The van der Waals surface area contributed by atoms with Crippen molar-refractivity contribution in [2.75, 3.05) is 19.4 Å². The first-order valence-corrected chi connectivity index (χ1v) is 10.3. The van der Waals surface area contributed by atoms with Gasteiger partial charge in [-0.05, 0) is 30.8 Å². The second-order valence-electron chi connectivity index (χ2n) is 6.53. The van der Waals surface area contributed by atoms with Crippen LogP contribution in [0.1, 0.15) is 40.3 Å². The van der Waals surface area contributed by atoms with Crippen LogP contribution < -0.4 is 5.32 Å². The summed E-state index contributed by atoms with van der Waals surface area (Å²) >= 11 is 0. The molecule has 1 aliphatic rings. The van der Waals surface area contributed by atoms with Gasteiger partial charge in [0, 0.05) is 25.5 Å². The molecule has 1 aliphatic heterocycles. The highest BCUT2D eigenvalue weighted by molar-refractivity contribution is 7.91. The number of nitrogens with zero attached hydrogens (tertiary/aromatic N) is 3. The van der Waals surface area contributed by atoms with Crippen LogP contribution in [-0.2, 0) is 22.9 Å². The molecule has 2 aromatic heterocycles. The van der Waals surface area contributed by atoms with E-state index in [1.54, 1.807) is 13.0 Å². The molecule has 2 N–H and O–H groups in total. The molecule has 27 heavy (non-hydrogen) atoms. The SMILES string of the molecule is CCS(=O)(=O)c1ccc([C@H](CO)NC(=O)c2cnc3c(c2)CN(C)C3)nc1. The lowest BCUT2D eigenvalue weighted by atomic mass is 10.1. The van der Waals surface area contributed by atoms with Crippen LogP contribution in [0, 0.1) is 0 Å². The van der Waals surface area contributed by atoms with E-state index in [2.05, 4.69) is 20.2 Å². The lowest BCUT2D eigenvalue weighted by Gasteiger charge is -2.16. The van der Waals surface area contributed by atoms with E-state index in [-0.39, 0.29) is 23.2 Å². The van der Waals surface area contributed by atoms with Gasteiger partial charge < -0.3 is 10.4 Å². The van der Waals surface area contributed by atoms with E-state index in [4.69, 9.17) is 0 Å². The van der Waals surface area contributed by atoms with Gasteiger partial charge in [0.15, 0.2) is 9.84 Å². The van der Waals surface area contributed by atoms with Crippen LogP contribution in [0.25, 0.3) is 0 Å². The number of hydrogen-bond acceptors (Lipinski definition) is 7. The first-order chi connectivity index (χ1) is 12.8. The van der Waals surface area contributed by atoms with E-state index < -0.39 is 15.9 Å². The van der Waals surface area contributed by atoms with E-state index in [0.717, 1.165) is 24.3 Å². The summed E-state index contributed by atoms with van der Waals surface area (Å²) in [6, 6.07) is 3.99. The Hall–Kier alpha value is -2.36. The van der Waals surface area contributed by atoms with Crippen molar-refractivity contribution in [1.29, 1.82) is 0 Å². The summed E-state index contributed by atoms with van der Waals surface area (Å²) < 4.78 is 23.7. The second-order valence-corrected chi connectivity index (χ2v) is 8.81. The van der Waals surface area contributed by atoms with Gasteiger partial charge >= 0.3 is 0 Å². The maximum atomic E-state index is 12.5. The zero-order valence-corrected chi connectivity index (χ0v) is 16.0. The minimum absolute atomic E-state index is 0.0191. The lowest BCUT2D eigenvalue weighted by Crippen LogP contribution is -2.31. The number of fused-ring (bicyclic) bond motifs is 1. The smallest absolute Gasteiger partial charge is 0.253 e. The van der Waals surface area contributed by atoms with E-state index in [1.807, 2.05) is 7.05 Å². The molecule has 1 atom stereocenters. The highest BCUT2D eigenvalue weighted by Crippen LogP contribution is 2.21.